The lowest BCUT2D eigenvalue weighted by atomic mass is 10.1. The maximum absolute atomic E-state index is 13.1. The second kappa shape index (κ2) is 8.22. The first-order chi connectivity index (χ1) is 14.9. The molecule has 0 fully saturated rings. The number of amides is 2. The van der Waals surface area contributed by atoms with E-state index >= 15 is 0 Å². The van der Waals surface area contributed by atoms with Crippen molar-refractivity contribution >= 4 is 17.5 Å². The van der Waals surface area contributed by atoms with Gasteiger partial charge in [0.15, 0.2) is 0 Å². The molecule has 158 valence electrons. The first-order valence-corrected chi connectivity index (χ1v) is 9.31. The molecule has 0 saturated heterocycles. The van der Waals surface area contributed by atoms with E-state index in [0.29, 0.717) is 11.3 Å². The van der Waals surface area contributed by atoms with E-state index in [1.54, 1.807) is 49.4 Å². The van der Waals surface area contributed by atoms with Gasteiger partial charge >= 0.3 is 0 Å². The Kier molecular flexibility index (Phi) is 5.31. The fourth-order valence-corrected chi connectivity index (χ4v) is 3.02. The summed E-state index contributed by atoms with van der Waals surface area (Å²) < 4.78 is 16.1. The van der Waals surface area contributed by atoms with Crippen LogP contribution in [-0.4, -0.2) is 41.6 Å². The Balaban J connectivity index is 1.46. The molecule has 11 heteroatoms. The Labute approximate surface area is 176 Å². The topological polar surface area (TPSA) is 123 Å². The van der Waals surface area contributed by atoms with Crippen LogP contribution in [0.2, 0.25) is 0 Å². The van der Waals surface area contributed by atoms with Crippen LogP contribution in [0.15, 0.2) is 48.9 Å². The number of rotatable bonds is 6. The number of anilines is 1. The van der Waals surface area contributed by atoms with Crippen molar-refractivity contribution in [2.45, 2.75) is 6.54 Å². The fraction of sp³-hybridized carbons (Fsp3) is 0.150. The minimum absolute atomic E-state index is 0.185. The molecular formula is C20H19FN8O2. The molecule has 0 aliphatic rings. The van der Waals surface area contributed by atoms with E-state index in [9.17, 15) is 14.0 Å². The third kappa shape index (κ3) is 4.34. The number of benzene rings is 1. The predicted octanol–water partition coefficient (Wildman–Crippen LogP) is 1.87. The minimum atomic E-state index is -0.491. The number of halogens is 1. The van der Waals surface area contributed by atoms with Gasteiger partial charge in [-0.3, -0.25) is 24.1 Å². The zero-order chi connectivity index (χ0) is 22.0. The van der Waals surface area contributed by atoms with Crippen molar-refractivity contribution in [3.05, 3.63) is 71.7 Å². The lowest BCUT2D eigenvalue weighted by molar-refractivity contribution is 0.0942. The summed E-state index contributed by atoms with van der Waals surface area (Å²) in [7, 11) is 3.40. The normalized spacial score (nSPS) is 10.8. The number of hydrogen-bond acceptors (Lipinski definition) is 5. The van der Waals surface area contributed by atoms with Gasteiger partial charge in [-0.25, -0.2) is 4.39 Å². The third-order valence-electron chi connectivity index (χ3n) is 4.58. The maximum Gasteiger partial charge on any atom is 0.273 e. The highest BCUT2D eigenvalue weighted by molar-refractivity contribution is 6.07. The predicted molar refractivity (Wildman–Crippen MR) is 110 cm³/mol. The number of carbonyl (C=O) groups excluding carboxylic acids is 2. The van der Waals surface area contributed by atoms with Crippen molar-refractivity contribution in [1.29, 1.82) is 0 Å². The van der Waals surface area contributed by atoms with Crippen LogP contribution in [0.25, 0.3) is 11.3 Å². The summed E-state index contributed by atoms with van der Waals surface area (Å²) in [6.45, 7) is 0.285. The van der Waals surface area contributed by atoms with Crippen LogP contribution in [0.3, 0.4) is 0 Å². The summed E-state index contributed by atoms with van der Waals surface area (Å²) >= 11 is 0. The summed E-state index contributed by atoms with van der Waals surface area (Å²) in [6, 6.07) is 7.31. The molecule has 0 spiro atoms. The zero-order valence-corrected chi connectivity index (χ0v) is 16.8. The molecule has 4 aromatic rings. The Bertz CT molecular complexity index is 1240. The van der Waals surface area contributed by atoms with Crippen LogP contribution < -0.4 is 10.6 Å². The van der Waals surface area contributed by atoms with E-state index < -0.39 is 11.8 Å². The molecule has 0 saturated carbocycles. The van der Waals surface area contributed by atoms with Gasteiger partial charge in [0, 0.05) is 38.0 Å². The first kappa shape index (κ1) is 20.0. The molecule has 0 bridgehead atoms. The molecule has 3 aromatic heterocycles. The maximum atomic E-state index is 13.1. The van der Waals surface area contributed by atoms with Crippen LogP contribution in [0, 0.1) is 5.82 Å². The summed E-state index contributed by atoms with van der Waals surface area (Å²) in [4.78, 5) is 25.3. The summed E-state index contributed by atoms with van der Waals surface area (Å²) in [6.07, 6.45) is 4.85. The number of aromatic nitrogens is 6. The zero-order valence-electron chi connectivity index (χ0n) is 16.8. The average Bonchev–Trinajstić information content (AvgIpc) is 3.47. The molecule has 0 atom stereocenters. The molecule has 1 aromatic carbocycles. The Morgan fingerprint density at radius 3 is 2.58 bits per heavy atom. The van der Waals surface area contributed by atoms with Crippen molar-refractivity contribution in [2.75, 3.05) is 5.32 Å². The second-order valence-electron chi connectivity index (χ2n) is 6.86. The smallest absolute Gasteiger partial charge is 0.273 e. The highest BCUT2D eigenvalue weighted by Crippen LogP contribution is 2.20. The van der Waals surface area contributed by atoms with Crippen molar-refractivity contribution in [2.24, 2.45) is 14.1 Å². The molecule has 0 aliphatic carbocycles. The fourth-order valence-electron chi connectivity index (χ4n) is 3.02. The van der Waals surface area contributed by atoms with Gasteiger partial charge < -0.3 is 10.6 Å². The van der Waals surface area contributed by atoms with E-state index in [0.717, 1.165) is 5.56 Å². The van der Waals surface area contributed by atoms with E-state index in [4.69, 9.17) is 0 Å². The third-order valence-corrected chi connectivity index (χ3v) is 4.58. The van der Waals surface area contributed by atoms with Gasteiger partial charge in [-0.15, -0.1) is 0 Å². The van der Waals surface area contributed by atoms with E-state index in [2.05, 4.69) is 31.0 Å². The Morgan fingerprint density at radius 2 is 1.87 bits per heavy atom. The first-order valence-electron chi connectivity index (χ1n) is 9.31. The Hall–Kier alpha value is -4.28. The second-order valence-corrected chi connectivity index (χ2v) is 6.86. The monoisotopic (exact) mass is 422 g/mol. The molecule has 0 unspecified atom stereocenters. The van der Waals surface area contributed by atoms with Crippen LogP contribution in [0.5, 0.6) is 0 Å². The number of nitrogens with one attached hydrogen (secondary N) is 3. The summed E-state index contributed by atoms with van der Waals surface area (Å²) in [5.74, 6) is -1.24. The van der Waals surface area contributed by atoms with Crippen molar-refractivity contribution in [1.82, 2.24) is 35.1 Å². The van der Waals surface area contributed by atoms with E-state index in [1.807, 2.05) is 0 Å². The van der Waals surface area contributed by atoms with Crippen LogP contribution >= 0.6 is 0 Å². The van der Waals surface area contributed by atoms with Gasteiger partial charge in [0.05, 0.1) is 23.8 Å². The van der Waals surface area contributed by atoms with Gasteiger partial charge in [0.1, 0.15) is 17.2 Å². The summed E-state index contributed by atoms with van der Waals surface area (Å²) in [5.41, 5.74) is 2.64. The minimum Gasteiger partial charge on any atom is -0.346 e. The van der Waals surface area contributed by atoms with Gasteiger partial charge in [-0.1, -0.05) is 0 Å². The average molecular weight is 422 g/mol. The SMILES string of the molecule is Cn1cc(CNC(=O)c2c(NC(=O)c3cc(-c4ccc(F)cc4)n[nH]3)cnn2C)cn1. The lowest BCUT2D eigenvalue weighted by Crippen LogP contribution is -2.26. The molecular weight excluding hydrogens is 403 g/mol. The summed E-state index contributed by atoms with van der Waals surface area (Å²) in [5, 5.41) is 20.3. The molecule has 2 amide bonds. The van der Waals surface area contributed by atoms with Gasteiger partial charge in [-0.2, -0.15) is 15.3 Å². The highest BCUT2D eigenvalue weighted by atomic mass is 19.1. The van der Waals surface area contributed by atoms with Crippen molar-refractivity contribution in [3.8, 4) is 11.3 Å². The molecule has 10 nitrogen and oxygen atoms in total. The molecule has 3 N–H and O–H groups in total. The van der Waals surface area contributed by atoms with Crippen LogP contribution in [-0.2, 0) is 20.6 Å². The number of aryl methyl sites for hydroxylation is 2. The number of hydrogen-bond donors (Lipinski definition) is 3. The molecule has 4 rings (SSSR count). The van der Waals surface area contributed by atoms with Gasteiger partial charge in [-0.05, 0) is 30.3 Å². The van der Waals surface area contributed by atoms with E-state index in [1.165, 1.54) is 23.0 Å². The molecule has 31 heavy (non-hydrogen) atoms. The van der Waals surface area contributed by atoms with E-state index in [-0.39, 0.29) is 29.4 Å². The lowest BCUT2D eigenvalue weighted by Gasteiger charge is -2.08. The molecule has 0 radical (unpaired) electrons. The number of nitrogens with zero attached hydrogens (tertiary/aromatic N) is 5. The standard InChI is InChI=1S/C20H19FN8O2/c1-28-11-12(9-23-28)8-22-20(31)18-17(10-24-29(18)2)25-19(30)16-7-15(26-27-16)13-3-5-14(21)6-4-13/h3-7,9-11H,8H2,1-2H3,(H,22,31)(H,25,30)(H,26,27). The quantitative estimate of drug-likeness (QED) is 0.438. The molecule has 3 heterocycles. The van der Waals surface area contributed by atoms with Gasteiger partial charge in [0.2, 0.25) is 0 Å². The van der Waals surface area contributed by atoms with Crippen LogP contribution in [0.4, 0.5) is 10.1 Å². The highest BCUT2D eigenvalue weighted by Gasteiger charge is 2.20. The van der Waals surface area contributed by atoms with Gasteiger partial charge in [0.25, 0.3) is 11.8 Å². The number of aromatic amines is 1. The van der Waals surface area contributed by atoms with Crippen LogP contribution in [0.1, 0.15) is 26.5 Å². The number of H-pyrrole nitrogens is 1. The van der Waals surface area contributed by atoms with Crippen molar-refractivity contribution in [3.63, 3.8) is 0 Å². The largest absolute Gasteiger partial charge is 0.346 e. The number of carbonyl (C=O) groups is 2. The molecule has 0 aliphatic heterocycles. The Morgan fingerprint density at radius 1 is 1.10 bits per heavy atom. The van der Waals surface area contributed by atoms with Crippen molar-refractivity contribution < 1.29 is 14.0 Å².